The summed E-state index contributed by atoms with van der Waals surface area (Å²) in [6, 6.07) is 20.2. The Labute approximate surface area is 138 Å². The van der Waals surface area contributed by atoms with Gasteiger partial charge in [0.25, 0.3) is 0 Å². The summed E-state index contributed by atoms with van der Waals surface area (Å²) in [6.07, 6.45) is 2.35. The minimum Gasteiger partial charge on any atom is -0.346 e. The van der Waals surface area contributed by atoms with E-state index in [4.69, 9.17) is 0 Å². The van der Waals surface area contributed by atoms with Crippen LogP contribution >= 0.6 is 0 Å². The first kappa shape index (κ1) is 14.5. The van der Waals surface area contributed by atoms with E-state index in [9.17, 15) is 0 Å². The van der Waals surface area contributed by atoms with Crippen molar-refractivity contribution in [3.63, 3.8) is 0 Å². The lowest BCUT2D eigenvalue weighted by Gasteiger charge is -2.37. The second-order valence-corrected chi connectivity index (χ2v) is 6.54. The van der Waals surface area contributed by atoms with Gasteiger partial charge in [-0.25, -0.2) is 0 Å². The van der Waals surface area contributed by atoms with Crippen LogP contribution < -0.4 is 0 Å². The van der Waals surface area contributed by atoms with Crippen molar-refractivity contribution in [2.24, 2.45) is 7.05 Å². The number of aromatic nitrogens is 1. The lowest BCUT2D eigenvalue weighted by molar-refractivity contribution is 0.208. The Morgan fingerprint density at radius 2 is 1.74 bits per heavy atom. The van der Waals surface area contributed by atoms with Crippen molar-refractivity contribution in [1.29, 1.82) is 0 Å². The Balaban J connectivity index is 1.95. The normalized spacial score (nSPS) is 18.3. The highest BCUT2D eigenvalue weighted by molar-refractivity contribution is 5.86. The van der Waals surface area contributed by atoms with E-state index in [0.717, 1.165) is 19.5 Å². The number of benzene rings is 2. The maximum absolute atomic E-state index is 2.65. The quantitative estimate of drug-likeness (QED) is 0.690. The average molecular weight is 304 g/mol. The number of para-hydroxylation sites is 1. The molecule has 1 atom stereocenters. The van der Waals surface area contributed by atoms with Gasteiger partial charge < -0.3 is 4.57 Å². The van der Waals surface area contributed by atoms with E-state index < -0.39 is 0 Å². The fourth-order valence-electron chi connectivity index (χ4n) is 4.19. The molecule has 1 aliphatic heterocycles. The lowest BCUT2D eigenvalue weighted by atomic mass is 9.92. The summed E-state index contributed by atoms with van der Waals surface area (Å²) in [4.78, 5) is 2.65. The zero-order chi connectivity index (χ0) is 15.8. The third kappa shape index (κ3) is 2.29. The second-order valence-electron chi connectivity index (χ2n) is 6.54. The molecule has 4 rings (SSSR count). The molecule has 0 spiro atoms. The standard InChI is InChI=1S/C21H24N2/c1-3-14-23-15-13-18-17-11-7-8-12-19(17)22(2)21(18)20(23)16-9-5-4-6-10-16/h4-12,20H,3,13-15H2,1-2H3. The molecule has 0 aliphatic carbocycles. The maximum atomic E-state index is 2.65. The van der Waals surface area contributed by atoms with Crippen molar-refractivity contribution in [3.8, 4) is 0 Å². The van der Waals surface area contributed by atoms with E-state index in [1.165, 1.54) is 28.6 Å². The van der Waals surface area contributed by atoms with Crippen molar-refractivity contribution < 1.29 is 0 Å². The Morgan fingerprint density at radius 1 is 1.00 bits per heavy atom. The summed E-state index contributed by atoms with van der Waals surface area (Å²) in [5, 5.41) is 1.43. The number of rotatable bonds is 3. The van der Waals surface area contributed by atoms with Crippen LogP contribution in [0.3, 0.4) is 0 Å². The van der Waals surface area contributed by atoms with Crippen molar-refractivity contribution in [1.82, 2.24) is 9.47 Å². The van der Waals surface area contributed by atoms with E-state index in [-0.39, 0.29) is 0 Å². The summed E-state index contributed by atoms with van der Waals surface area (Å²) in [6.45, 7) is 4.58. The topological polar surface area (TPSA) is 8.17 Å². The third-order valence-electron chi connectivity index (χ3n) is 5.16. The zero-order valence-corrected chi connectivity index (χ0v) is 14.0. The summed E-state index contributed by atoms with van der Waals surface area (Å²) in [7, 11) is 2.23. The molecule has 2 aromatic carbocycles. The first-order chi connectivity index (χ1) is 11.3. The molecule has 0 N–H and O–H groups in total. The van der Waals surface area contributed by atoms with Crippen molar-refractivity contribution in [2.75, 3.05) is 13.1 Å². The van der Waals surface area contributed by atoms with Gasteiger partial charge in [0.15, 0.2) is 0 Å². The molecule has 118 valence electrons. The maximum Gasteiger partial charge on any atom is 0.0759 e. The minimum atomic E-state index is 0.373. The van der Waals surface area contributed by atoms with Gasteiger partial charge in [0, 0.05) is 30.2 Å². The molecule has 0 fully saturated rings. The molecular formula is C21H24N2. The van der Waals surface area contributed by atoms with Gasteiger partial charge in [-0.15, -0.1) is 0 Å². The monoisotopic (exact) mass is 304 g/mol. The highest BCUT2D eigenvalue weighted by atomic mass is 15.2. The molecule has 1 unspecified atom stereocenters. The first-order valence-electron chi connectivity index (χ1n) is 8.66. The van der Waals surface area contributed by atoms with E-state index >= 15 is 0 Å². The van der Waals surface area contributed by atoms with Crippen LogP contribution in [0, 0.1) is 0 Å². The van der Waals surface area contributed by atoms with E-state index in [0.29, 0.717) is 6.04 Å². The number of aryl methyl sites for hydroxylation is 1. The fourth-order valence-corrected chi connectivity index (χ4v) is 4.19. The SMILES string of the molecule is CCCN1CCc2c(n(C)c3ccccc23)C1c1ccccc1. The molecule has 1 aromatic heterocycles. The van der Waals surface area contributed by atoms with Crippen LogP contribution in [0.15, 0.2) is 54.6 Å². The number of fused-ring (bicyclic) bond motifs is 3. The van der Waals surface area contributed by atoms with Gasteiger partial charge in [-0.3, -0.25) is 4.90 Å². The zero-order valence-electron chi connectivity index (χ0n) is 14.0. The largest absolute Gasteiger partial charge is 0.346 e. The molecule has 2 heteroatoms. The van der Waals surface area contributed by atoms with Gasteiger partial charge in [0.1, 0.15) is 0 Å². The second kappa shape index (κ2) is 5.86. The summed E-state index contributed by atoms with van der Waals surface area (Å²) < 4.78 is 2.42. The molecule has 0 radical (unpaired) electrons. The third-order valence-corrected chi connectivity index (χ3v) is 5.16. The average Bonchev–Trinajstić information content (AvgIpc) is 2.89. The molecular weight excluding hydrogens is 280 g/mol. The highest BCUT2D eigenvalue weighted by Crippen LogP contribution is 2.39. The molecule has 1 aliphatic rings. The fraction of sp³-hybridized carbons (Fsp3) is 0.333. The number of hydrogen-bond donors (Lipinski definition) is 0. The Hall–Kier alpha value is -2.06. The van der Waals surface area contributed by atoms with E-state index in [1.54, 1.807) is 5.56 Å². The van der Waals surface area contributed by atoms with E-state index in [2.05, 4.69) is 78.0 Å². The summed E-state index contributed by atoms with van der Waals surface area (Å²) in [5.41, 5.74) is 5.80. The van der Waals surface area contributed by atoms with Crippen LogP contribution in [-0.4, -0.2) is 22.6 Å². The number of nitrogens with zero attached hydrogens (tertiary/aromatic N) is 2. The first-order valence-corrected chi connectivity index (χ1v) is 8.66. The molecule has 0 amide bonds. The van der Waals surface area contributed by atoms with Gasteiger partial charge in [-0.1, -0.05) is 55.5 Å². The van der Waals surface area contributed by atoms with Crippen LogP contribution in [0.1, 0.15) is 36.2 Å². The van der Waals surface area contributed by atoms with Crippen LogP contribution in [0.4, 0.5) is 0 Å². The summed E-state index contributed by atoms with van der Waals surface area (Å²) >= 11 is 0. The predicted molar refractivity (Wildman–Crippen MR) is 96.8 cm³/mol. The highest BCUT2D eigenvalue weighted by Gasteiger charge is 2.32. The van der Waals surface area contributed by atoms with Crippen LogP contribution in [0.25, 0.3) is 10.9 Å². The smallest absolute Gasteiger partial charge is 0.0759 e. The Kier molecular flexibility index (Phi) is 3.70. The molecule has 3 aromatic rings. The number of hydrogen-bond acceptors (Lipinski definition) is 1. The minimum absolute atomic E-state index is 0.373. The van der Waals surface area contributed by atoms with Crippen LogP contribution in [0.2, 0.25) is 0 Å². The molecule has 2 nitrogen and oxygen atoms in total. The predicted octanol–water partition coefficient (Wildman–Crippen LogP) is 4.54. The van der Waals surface area contributed by atoms with Gasteiger partial charge in [0.05, 0.1) is 6.04 Å². The van der Waals surface area contributed by atoms with E-state index in [1.807, 2.05) is 0 Å². The van der Waals surface area contributed by atoms with Crippen LogP contribution in [-0.2, 0) is 13.5 Å². The molecule has 2 heterocycles. The Bertz CT molecular complexity index is 816. The van der Waals surface area contributed by atoms with Crippen molar-refractivity contribution >= 4 is 10.9 Å². The van der Waals surface area contributed by atoms with Gasteiger partial charge in [0.2, 0.25) is 0 Å². The lowest BCUT2D eigenvalue weighted by Crippen LogP contribution is -2.37. The molecule has 0 saturated carbocycles. The van der Waals surface area contributed by atoms with Crippen molar-refractivity contribution in [3.05, 3.63) is 71.4 Å². The molecule has 23 heavy (non-hydrogen) atoms. The van der Waals surface area contributed by atoms with Gasteiger partial charge in [-0.05, 0) is 36.6 Å². The van der Waals surface area contributed by atoms with Gasteiger partial charge in [-0.2, -0.15) is 0 Å². The molecule has 0 saturated heterocycles. The van der Waals surface area contributed by atoms with Crippen molar-refractivity contribution in [2.45, 2.75) is 25.8 Å². The summed E-state index contributed by atoms with van der Waals surface area (Å²) in [5.74, 6) is 0. The Morgan fingerprint density at radius 3 is 2.52 bits per heavy atom. The van der Waals surface area contributed by atoms with Gasteiger partial charge >= 0.3 is 0 Å². The van der Waals surface area contributed by atoms with Crippen LogP contribution in [0.5, 0.6) is 0 Å². The molecule has 0 bridgehead atoms.